The van der Waals surface area contributed by atoms with E-state index in [2.05, 4.69) is 9.97 Å². The van der Waals surface area contributed by atoms with Gasteiger partial charge in [0.25, 0.3) is 0 Å². The van der Waals surface area contributed by atoms with E-state index in [-0.39, 0.29) is 6.16 Å². The van der Waals surface area contributed by atoms with Gasteiger partial charge in [0.1, 0.15) is 17.8 Å². The van der Waals surface area contributed by atoms with Crippen molar-refractivity contribution in [3.05, 3.63) is 42.4 Å². The maximum Gasteiger partial charge on any atom is 0.335 e. The first-order valence-electron chi connectivity index (χ1n) is 8.50. The molecule has 0 aliphatic carbocycles. The SMILES string of the molecule is CCOP(=O)(Cc1cccc(-c2cn(C)c3ncnc(N)c23)c1)OCC. The lowest BCUT2D eigenvalue weighted by atomic mass is 10.0. The van der Waals surface area contributed by atoms with Crippen molar-refractivity contribution in [1.82, 2.24) is 14.5 Å². The lowest BCUT2D eigenvalue weighted by molar-refractivity contribution is 0.219. The van der Waals surface area contributed by atoms with Crippen molar-refractivity contribution >= 4 is 24.4 Å². The standard InChI is InChI=1S/C18H23N4O3P/c1-4-24-26(23,25-5-2)11-13-7-6-8-14(9-13)15-10-22(3)18-16(15)17(19)20-12-21-18/h6-10,12H,4-5,11H2,1-3H3,(H2,19,20,21). The molecule has 2 heterocycles. The molecule has 3 aromatic rings. The fourth-order valence-corrected chi connectivity index (χ4v) is 4.72. The Bertz CT molecular complexity index is 960. The van der Waals surface area contributed by atoms with Crippen LogP contribution in [0.25, 0.3) is 22.2 Å². The van der Waals surface area contributed by atoms with Gasteiger partial charge in [0.15, 0.2) is 0 Å². The molecule has 8 heteroatoms. The Morgan fingerprint density at radius 1 is 1.19 bits per heavy atom. The van der Waals surface area contributed by atoms with E-state index in [1.54, 1.807) is 13.8 Å². The second-order valence-corrected chi connectivity index (χ2v) is 7.97. The molecule has 0 unspecified atom stereocenters. The maximum absolute atomic E-state index is 12.8. The number of nitrogen functional groups attached to an aromatic ring is 1. The summed E-state index contributed by atoms with van der Waals surface area (Å²) in [6.07, 6.45) is 3.65. The number of nitrogens with two attached hydrogens (primary N) is 1. The fraction of sp³-hybridized carbons (Fsp3) is 0.333. The fourth-order valence-electron chi connectivity index (χ4n) is 3.04. The van der Waals surface area contributed by atoms with E-state index in [9.17, 15) is 4.57 Å². The summed E-state index contributed by atoms with van der Waals surface area (Å²) in [6, 6.07) is 7.80. The number of hydrogen-bond acceptors (Lipinski definition) is 6. The van der Waals surface area contributed by atoms with Crippen molar-refractivity contribution in [3.8, 4) is 11.1 Å². The molecule has 7 nitrogen and oxygen atoms in total. The molecule has 0 amide bonds. The summed E-state index contributed by atoms with van der Waals surface area (Å²) in [4.78, 5) is 8.41. The van der Waals surface area contributed by atoms with E-state index >= 15 is 0 Å². The van der Waals surface area contributed by atoms with Crippen LogP contribution >= 0.6 is 7.60 Å². The third kappa shape index (κ3) is 3.65. The van der Waals surface area contributed by atoms with E-state index in [4.69, 9.17) is 14.8 Å². The molecule has 0 saturated heterocycles. The average Bonchev–Trinajstić information content (AvgIpc) is 2.94. The number of aromatic nitrogens is 3. The van der Waals surface area contributed by atoms with Crippen molar-refractivity contribution in [2.24, 2.45) is 7.05 Å². The molecule has 1 aromatic carbocycles. The summed E-state index contributed by atoms with van der Waals surface area (Å²) in [7, 11) is -1.24. The minimum Gasteiger partial charge on any atom is -0.383 e. The number of benzene rings is 1. The first-order valence-corrected chi connectivity index (χ1v) is 10.2. The molecule has 2 aromatic heterocycles. The lowest BCUT2D eigenvalue weighted by Crippen LogP contribution is -1.99. The highest BCUT2D eigenvalue weighted by Gasteiger charge is 2.24. The smallest absolute Gasteiger partial charge is 0.335 e. The number of rotatable bonds is 7. The largest absolute Gasteiger partial charge is 0.383 e. The quantitative estimate of drug-likeness (QED) is 0.629. The van der Waals surface area contributed by atoms with Gasteiger partial charge in [0.2, 0.25) is 0 Å². The Morgan fingerprint density at radius 2 is 1.92 bits per heavy atom. The van der Waals surface area contributed by atoms with Crippen LogP contribution in [0, 0.1) is 0 Å². The molecule has 0 fully saturated rings. The predicted octanol–water partition coefficient (Wildman–Crippen LogP) is 3.98. The normalized spacial score (nSPS) is 12.0. The van der Waals surface area contributed by atoms with Crippen molar-refractivity contribution in [2.45, 2.75) is 20.0 Å². The number of nitrogens with zero attached hydrogens (tertiary/aromatic N) is 3. The lowest BCUT2D eigenvalue weighted by Gasteiger charge is -2.17. The van der Waals surface area contributed by atoms with Crippen LogP contribution in [0.2, 0.25) is 0 Å². The van der Waals surface area contributed by atoms with Crippen LogP contribution in [0.1, 0.15) is 19.4 Å². The molecule has 26 heavy (non-hydrogen) atoms. The molecule has 0 saturated carbocycles. The van der Waals surface area contributed by atoms with Crippen LogP contribution in [0.15, 0.2) is 36.8 Å². The van der Waals surface area contributed by atoms with Gasteiger partial charge in [-0.25, -0.2) is 9.97 Å². The number of anilines is 1. The summed E-state index contributed by atoms with van der Waals surface area (Å²) < 4.78 is 25.5. The van der Waals surface area contributed by atoms with Gasteiger partial charge in [-0.3, -0.25) is 4.57 Å². The van der Waals surface area contributed by atoms with Gasteiger partial charge in [-0.05, 0) is 25.0 Å². The number of hydrogen-bond donors (Lipinski definition) is 1. The van der Waals surface area contributed by atoms with Crippen LogP contribution in [0.4, 0.5) is 5.82 Å². The maximum atomic E-state index is 12.8. The predicted molar refractivity (Wildman–Crippen MR) is 103 cm³/mol. The van der Waals surface area contributed by atoms with Crippen LogP contribution in [0.3, 0.4) is 0 Å². The van der Waals surface area contributed by atoms with Crippen LogP contribution < -0.4 is 5.73 Å². The van der Waals surface area contributed by atoms with Crippen molar-refractivity contribution < 1.29 is 13.6 Å². The highest BCUT2D eigenvalue weighted by Crippen LogP contribution is 2.51. The second kappa shape index (κ2) is 7.58. The highest BCUT2D eigenvalue weighted by atomic mass is 31.2. The monoisotopic (exact) mass is 374 g/mol. The van der Waals surface area contributed by atoms with Gasteiger partial charge in [-0.2, -0.15) is 0 Å². The summed E-state index contributed by atoms with van der Waals surface area (Å²) in [5.41, 5.74) is 9.61. The zero-order valence-electron chi connectivity index (χ0n) is 15.2. The van der Waals surface area contributed by atoms with Gasteiger partial charge in [-0.15, -0.1) is 0 Å². The van der Waals surface area contributed by atoms with Crippen molar-refractivity contribution in [2.75, 3.05) is 18.9 Å². The van der Waals surface area contributed by atoms with Gasteiger partial charge in [0.05, 0.1) is 24.8 Å². The third-order valence-corrected chi connectivity index (χ3v) is 6.10. The Balaban J connectivity index is 2.02. The highest BCUT2D eigenvalue weighted by molar-refractivity contribution is 7.53. The molecule has 0 aliphatic rings. The minimum absolute atomic E-state index is 0.221. The molecule has 0 radical (unpaired) electrons. The first-order chi connectivity index (χ1) is 12.5. The average molecular weight is 374 g/mol. The molecular formula is C18H23N4O3P. The molecule has 138 valence electrons. The van der Waals surface area contributed by atoms with E-state index in [0.717, 1.165) is 27.7 Å². The minimum atomic E-state index is -3.16. The molecule has 0 bridgehead atoms. The zero-order valence-corrected chi connectivity index (χ0v) is 16.1. The molecule has 0 atom stereocenters. The Hall–Kier alpha value is -2.21. The van der Waals surface area contributed by atoms with Crippen molar-refractivity contribution in [3.63, 3.8) is 0 Å². The molecule has 2 N–H and O–H groups in total. The Kier molecular flexibility index (Phi) is 5.41. The van der Waals surface area contributed by atoms with Crippen molar-refractivity contribution in [1.29, 1.82) is 0 Å². The van der Waals surface area contributed by atoms with Crippen LogP contribution in [-0.2, 0) is 26.8 Å². The van der Waals surface area contributed by atoms with Crippen LogP contribution in [0.5, 0.6) is 0 Å². The Morgan fingerprint density at radius 3 is 2.62 bits per heavy atom. The molecule has 3 rings (SSSR count). The zero-order chi connectivity index (χ0) is 18.7. The third-order valence-electron chi connectivity index (χ3n) is 4.05. The molecular weight excluding hydrogens is 351 g/mol. The van der Waals surface area contributed by atoms with E-state index in [0.29, 0.717) is 19.0 Å². The van der Waals surface area contributed by atoms with Gasteiger partial charge < -0.3 is 19.3 Å². The van der Waals surface area contributed by atoms with E-state index < -0.39 is 7.60 Å². The number of aryl methyl sites for hydroxylation is 1. The number of fused-ring (bicyclic) bond motifs is 1. The Labute approximate surface area is 152 Å². The first kappa shape index (κ1) is 18.6. The molecule has 0 aliphatic heterocycles. The summed E-state index contributed by atoms with van der Waals surface area (Å²) in [6.45, 7) is 4.30. The topological polar surface area (TPSA) is 92.3 Å². The van der Waals surface area contributed by atoms with Crippen LogP contribution in [-0.4, -0.2) is 27.7 Å². The summed E-state index contributed by atoms with van der Waals surface area (Å²) in [5, 5.41) is 0.810. The van der Waals surface area contributed by atoms with Gasteiger partial charge in [0, 0.05) is 18.8 Å². The van der Waals surface area contributed by atoms with E-state index in [1.165, 1.54) is 6.33 Å². The molecule has 0 spiro atoms. The van der Waals surface area contributed by atoms with Gasteiger partial charge in [-0.1, -0.05) is 24.3 Å². The second-order valence-electron chi connectivity index (χ2n) is 5.92. The summed E-state index contributed by atoms with van der Waals surface area (Å²) in [5.74, 6) is 0.435. The summed E-state index contributed by atoms with van der Waals surface area (Å²) >= 11 is 0. The van der Waals surface area contributed by atoms with E-state index in [1.807, 2.05) is 42.1 Å². The van der Waals surface area contributed by atoms with Gasteiger partial charge >= 0.3 is 7.60 Å².